The van der Waals surface area contributed by atoms with E-state index < -0.39 is 5.97 Å². The van der Waals surface area contributed by atoms with E-state index in [1.54, 1.807) is 42.5 Å². The fraction of sp³-hybridized carbons (Fsp3) is 0.158. The van der Waals surface area contributed by atoms with E-state index in [4.69, 9.17) is 27.9 Å². The van der Waals surface area contributed by atoms with Crippen molar-refractivity contribution in [1.29, 1.82) is 0 Å². The van der Waals surface area contributed by atoms with Crippen molar-refractivity contribution in [1.82, 2.24) is 4.98 Å². The predicted octanol–water partition coefficient (Wildman–Crippen LogP) is 5.69. The number of halogens is 2. The minimum atomic E-state index is -1.12. The summed E-state index contributed by atoms with van der Waals surface area (Å²) in [5.41, 5.74) is 1.73. The van der Waals surface area contributed by atoms with Crippen LogP contribution in [-0.4, -0.2) is 22.2 Å². The SMILES string of the molecule is CC(C)Oc1nc2ccc(Cl)cc2c(-c2cccc(Cl)c2)c1C(=O)O. The van der Waals surface area contributed by atoms with Gasteiger partial charge in [-0.1, -0.05) is 35.3 Å². The fourth-order valence-electron chi connectivity index (χ4n) is 2.66. The van der Waals surface area contributed by atoms with Gasteiger partial charge in [0.15, 0.2) is 0 Å². The number of hydrogen-bond acceptors (Lipinski definition) is 3. The molecule has 1 heterocycles. The molecule has 0 atom stereocenters. The number of carbonyl (C=O) groups is 1. The molecule has 1 N–H and O–H groups in total. The summed E-state index contributed by atoms with van der Waals surface area (Å²) in [6, 6.07) is 12.2. The van der Waals surface area contributed by atoms with E-state index in [1.165, 1.54) is 0 Å². The first-order valence-electron chi connectivity index (χ1n) is 7.66. The number of carboxylic acids is 1. The first kappa shape index (κ1) is 17.5. The van der Waals surface area contributed by atoms with Crippen LogP contribution in [0.15, 0.2) is 42.5 Å². The van der Waals surface area contributed by atoms with E-state index in [1.807, 2.05) is 13.8 Å². The molecule has 0 bridgehead atoms. The Balaban J connectivity index is 2.46. The van der Waals surface area contributed by atoms with E-state index >= 15 is 0 Å². The maximum Gasteiger partial charge on any atom is 0.341 e. The largest absolute Gasteiger partial charge is 0.477 e. The number of aromatic carboxylic acids is 1. The molecule has 3 rings (SSSR count). The molecule has 0 aliphatic rings. The van der Waals surface area contributed by atoms with Crippen molar-refractivity contribution < 1.29 is 14.6 Å². The molecule has 0 spiro atoms. The minimum absolute atomic E-state index is 0.00858. The third kappa shape index (κ3) is 3.55. The molecular weight excluding hydrogens is 361 g/mol. The molecule has 2 aromatic carbocycles. The van der Waals surface area contributed by atoms with Crippen molar-refractivity contribution in [2.24, 2.45) is 0 Å². The van der Waals surface area contributed by atoms with Crippen molar-refractivity contribution >= 4 is 40.1 Å². The molecule has 25 heavy (non-hydrogen) atoms. The normalized spacial score (nSPS) is 11.1. The third-order valence-electron chi connectivity index (χ3n) is 3.59. The highest BCUT2D eigenvalue weighted by atomic mass is 35.5. The van der Waals surface area contributed by atoms with Gasteiger partial charge in [0.05, 0.1) is 11.6 Å². The second kappa shape index (κ2) is 6.90. The Morgan fingerprint density at radius 3 is 2.48 bits per heavy atom. The van der Waals surface area contributed by atoms with Gasteiger partial charge < -0.3 is 9.84 Å². The van der Waals surface area contributed by atoms with Crippen LogP contribution < -0.4 is 4.74 Å². The Morgan fingerprint density at radius 1 is 1.12 bits per heavy atom. The van der Waals surface area contributed by atoms with Crippen molar-refractivity contribution in [2.45, 2.75) is 20.0 Å². The van der Waals surface area contributed by atoms with Crippen LogP contribution in [0.3, 0.4) is 0 Å². The molecule has 6 heteroatoms. The minimum Gasteiger partial charge on any atom is -0.477 e. The molecule has 1 aromatic heterocycles. The summed E-state index contributed by atoms with van der Waals surface area (Å²) in [6.45, 7) is 3.64. The van der Waals surface area contributed by atoms with Gasteiger partial charge in [-0.25, -0.2) is 9.78 Å². The molecule has 0 aliphatic heterocycles. The average Bonchev–Trinajstić information content (AvgIpc) is 2.53. The molecule has 0 radical (unpaired) electrons. The van der Waals surface area contributed by atoms with Gasteiger partial charge in [0.2, 0.25) is 5.88 Å². The highest BCUT2D eigenvalue weighted by Crippen LogP contribution is 2.38. The lowest BCUT2D eigenvalue weighted by Gasteiger charge is -2.17. The maximum absolute atomic E-state index is 12.0. The van der Waals surface area contributed by atoms with E-state index in [-0.39, 0.29) is 17.5 Å². The number of benzene rings is 2. The van der Waals surface area contributed by atoms with Crippen LogP contribution in [0, 0.1) is 0 Å². The first-order chi connectivity index (χ1) is 11.9. The lowest BCUT2D eigenvalue weighted by atomic mass is 9.96. The summed E-state index contributed by atoms with van der Waals surface area (Å²) in [5.74, 6) is -1.05. The van der Waals surface area contributed by atoms with E-state index in [0.29, 0.717) is 32.1 Å². The molecule has 128 valence electrons. The number of rotatable bonds is 4. The van der Waals surface area contributed by atoms with Gasteiger partial charge in [0, 0.05) is 21.0 Å². The topological polar surface area (TPSA) is 59.4 Å². The van der Waals surface area contributed by atoms with Crippen LogP contribution in [0.1, 0.15) is 24.2 Å². The molecule has 3 aromatic rings. The predicted molar refractivity (Wildman–Crippen MR) is 99.9 cm³/mol. The molecule has 0 aliphatic carbocycles. The molecule has 0 unspecified atom stereocenters. The van der Waals surface area contributed by atoms with Gasteiger partial charge in [0.25, 0.3) is 0 Å². The zero-order valence-electron chi connectivity index (χ0n) is 13.6. The lowest BCUT2D eigenvalue weighted by molar-refractivity contribution is 0.0690. The average molecular weight is 376 g/mol. The summed E-state index contributed by atoms with van der Waals surface area (Å²) >= 11 is 12.2. The van der Waals surface area contributed by atoms with E-state index in [0.717, 1.165) is 0 Å². The second-order valence-electron chi connectivity index (χ2n) is 5.81. The smallest absolute Gasteiger partial charge is 0.341 e. The van der Waals surface area contributed by atoms with Gasteiger partial charge in [0.1, 0.15) is 5.56 Å². The van der Waals surface area contributed by atoms with E-state index in [9.17, 15) is 9.90 Å². The standard InChI is InChI=1S/C19H15Cl2NO3/c1-10(2)25-18-17(19(23)24)16(11-4-3-5-12(20)8-11)14-9-13(21)6-7-15(14)22-18/h3-10H,1-2H3,(H,23,24). The Labute approximate surface area is 155 Å². The van der Waals surface area contributed by atoms with Crippen molar-refractivity contribution in [3.8, 4) is 17.0 Å². The zero-order valence-corrected chi connectivity index (χ0v) is 15.1. The second-order valence-corrected chi connectivity index (χ2v) is 6.68. The van der Waals surface area contributed by atoms with E-state index in [2.05, 4.69) is 4.98 Å². The number of hydrogen-bond donors (Lipinski definition) is 1. The Bertz CT molecular complexity index is 970. The summed E-state index contributed by atoms with van der Waals surface area (Å²) in [6.07, 6.45) is -0.220. The molecule has 0 fully saturated rings. The molecule has 0 saturated carbocycles. The van der Waals surface area contributed by atoms with Crippen LogP contribution in [0.5, 0.6) is 5.88 Å². The number of carboxylic acid groups (broad SMARTS) is 1. The fourth-order valence-corrected chi connectivity index (χ4v) is 3.03. The number of ether oxygens (including phenoxy) is 1. The lowest BCUT2D eigenvalue weighted by Crippen LogP contribution is -2.13. The number of nitrogens with zero attached hydrogens (tertiary/aromatic N) is 1. The number of aromatic nitrogens is 1. The summed E-state index contributed by atoms with van der Waals surface area (Å²) in [5, 5.41) is 11.5. The van der Waals surface area contributed by atoms with Gasteiger partial charge >= 0.3 is 5.97 Å². The Morgan fingerprint density at radius 2 is 1.84 bits per heavy atom. The van der Waals surface area contributed by atoms with Crippen molar-refractivity contribution in [2.75, 3.05) is 0 Å². The summed E-state index contributed by atoms with van der Waals surface area (Å²) in [4.78, 5) is 16.4. The highest BCUT2D eigenvalue weighted by molar-refractivity contribution is 6.32. The van der Waals surface area contributed by atoms with Gasteiger partial charge in [-0.15, -0.1) is 0 Å². The monoisotopic (exact) mass is 375 g/mol. The van der Waals surface area contributed by atoms with Crippen LogP contribution in [0.2, 0.25) is 10.0 Å². The van der Waals surface area contributed by atoms with Crippen molar-refractivity contribution in [3.05, 3.63) is 58.1 Å². The van der Waals surface area contributed by atoms with Gasteiger partial charge in [-0.3, -0.25) is 0 Å². The number of pyridine rings is 1. The molecular formula is C19H15Cl2NO3. The third-order valence-corrected chi connectivity index (χ3v) is 4.06. The molecule has 0 saturated heterocycles. The summed E-state index contributed by atoms with van der Waals surface area (Å²) < 4.78 is 5.68. The Hall–Kier alpha value is -2.30. The van der Waals surface area contributed by atoms with Crippen LogP contribution in [-0.2, 0) is 0 Å². The van der Waals surface area contributed by atoms with Crippen molar-refractivity contribution in [3.63, 3.8) is 0 Å². The maximum atomic E-state index is 12.0. The summed E-state index contributed by atoms with van der Waals surface area (Å²) in [7, 11) is 0. The van der Waals surface area contributed by atoms with Crippen LogP contribution >= 0.6 is 23.2 Å². The quantitative estimate of drug-likeness (QED) is 0.635. The highest BCUT2D eigenvalue weighted by Gasteiger charge is 2.24. The zero-order chi connectivity index (χ0) is 18.1. The molecule has 0 amide bonds. The van der Waals surface area contributed by atoms with Gasteiger partial charge in [-0.2, -0.15) is 0 Å². The number of fused-ring (bicyclic) bond motifs is 1. The van der Waals surface area contributed by atoms with Crippen LogP contribution in [0.4, 0.5) is 0 Å². The Kier molecular flexibility index (Phi) is 4.84. The van der Waals surface area contributed by atoms with Gasteiger partial charge in [-0.05, 0) is 49.7 Å². The first-order valence-corrected chi connectivity index (χ1v) is 8.41. The molecule has 4 nitrogen and oxygen atoms in total. The van der Waals surface area contributed by atoms with Crippen LogP contribution in [0.25, 0.3) is 22.0 Å².